The molecule has 0 saturated heterocycles. The first kappa shape index (κ1) is 8.78. The fraction of sp³-hybridized carbons (Fsp3) is 0.143. The largest absolute Gasteiger partial charge is 0.399 e. The first-order valence-corrected chi connectivity index (χ1v) is 2.93. The van der Waals surface area contributed by atoms with E-state index < -0.39 is 0 Å². The Kier molecular flexibility index (Phi) is 4.07. The van der Waals surface area contributed by atoms with E-state index in [1.165, 1.54) is 0 Å². The average Bonchev–Trinajstić information content (AvgIpc) is 1.99. The highest BCUT2D eigenvalue weighted by Crippen LogP contribution is 1.88. The van der Waals surface area contributed by atoms with E-state index in [2.05, 4.69) is 12.0 Å². The van der Waals surface area contributed by atoms with E-state index in [9.17, 15) is 0 Å². The van der Waals surface area contributed by atoms with Gasteiger partial charge in [0, 0.05) is 11.4 Å². The Morgan fingerprint density at radius 3 is 2.50 bits per heavy atom. The Hall–Kier alpha value is -1.22. The van der Waals surface area contributed by atoms with Crippen LogP contribution in [0, 0.1) is 0 Å². The van der Waals surface area contributed by atoms with Crippen molar-refractivity contribution in [2.45, 2.75) is 6.92 Å². The molecule has 0 aromatic rings. The highest BCUT2D eigenvalue weighted by Gasteiger charge is 1.78. The first-order valence-electron chi connectivity index (χ1n) is 2.93. The van der Waals surface area contributed by atoms with Gasteiger partial charge in [-0.15, -0.1) is 0 Å². The molecule has 0 radical (unpaired) electrons. The van der Waals surface area contributed by atoms with Gasteiger partial charge in [0.2, 0.25) is 0 Å². The van der Waals surface area contributed by atoms with Crippen LogP contribution in [0.2, 0.25) is 0 Å². The van der Waals surface area contributed by atoms with Gasteiger partial charge in [-0.25, -0.2) is 0 Å². The smallest absolute Gasteiger partial charge is 0.0308 e. The third kappa shape index (κ3) is 3.74. The van der Waals surface area contributed by atoms with E-state index in [-0.39, 0.29) is 0 Å². The average molecular weight is 139 g/mol. The lowest BCUT2D eigenvalue weighted by Crippen LogP contribution is -2.18. The van der Waals surface area contributed by atoms with Crippen molar-refractivity contribution in [3.63, 3.8) is 0 Å². The second-order valence-corrected chi connectivity index (χ2v) is 1.86. The molecule has 0 bridgehead atoms. The zero-order valence-corrected chi connectivity index (χ0v) is 6.09. The molecule has 0 fully saturated rings. The SMILES string of the molecule is C=C/C(N)=C\C=C(/C)NN. The van der Waals surface area contributed by atoms with E-state index >= 15 is 0 Å². The predicted molar refractivity (Wildman–Crippen MR) is 43.5 cm³/mol. The van der Waals surface area contributed by atoms with Gasteiger partial charge < -0.3 is 11.2 Å². The Balaban J connectivity index is 4.03. The van der Waals surface area contributed by atoms with Gasteiger partial charge in [-0.05, 0) is 25.2 Å². The van der Waals surface area contributed by atoms with Crippen molar-refractivity contribution in [1.29, 1.82) is 0 Å². The zero-order chi connectivity index (χ0) is 7.98. The van der Waals surface area contributed by atoms with Crippen molar-refractivity contribution in [2.75, 3.05) is 0 Å². The third-order valence-electron chi connectivity index (χ3n) is 0.989. The van der Waals surface area contributed by atoms with Crippen molar-refractivity contribution in [3.05, 3.63) is 36.2 Å². The normalized spacial score (nSPS) is 13.0. The number of hydrazine groups is 1. The molecule has 0 aromatic carbocycles. The molecule has 0 heterocycles. The van der Waals surface area contributed by atoms with Gasteiger partial charge in [0.1, 0.15) is 0 Å². The third-order valence-corrected chi connectivity index (χ3v) is 0.989. The summed E-state index contributed by atoms with van der Waals surface area (Å²) in [5.74, 6) is 5.09. The van der Waals surface area contributed by atoms with Crippen LogP contribution >= 0.6 is 0 Å². The highest BCUT2D eigenvalue weighted by molar-refractivity contribution is 5.20. The van der Waals surface area contributed by atoms with Crippen LogP contribution in [0.1, 0.15) is 6.92 Å². The number of nitrogens with two attached hydrogens (primary N) is 2. The van der Waals surface area contributed by atoms with Crippen LogP contribution in [0.5, 0.6) is 0 Å². The molecule has 56 valence electrons. The number of allylic oxidation sites excluding steroid dienone is 4. The lowest BCUT2D eigenvalue weighted by Gasteiger charge is -1.94. The molecule has 0 rings (SSSR count). The quantitative estimate of drug-likeness (QED) is 0.301. The number of rotatable bonds is 3. The summed E-state index contributed by atoms with van der Waals surface area (Å²) in [4.78, 5) is 0. The summed E-state index contributed by atoms with van der Waals surface area (Å²) in [6.45, 7) is 5.33. The summed E-state index contributed by atoms with van der Waals surface area (Å²) < 4.78 is 0. The van der Waals surface area contributed by atoms with E-state index in [0.717, 1.165) is 5.70 Å². The molecule has 0 unspecified atom stereocenters. The number of hydrogen-bond acceptors (Lipinski definition) is 3. The van der Waals surface area contributed by atoms with Gasteiger partial charge in [0.15, 0.2) is 0 Å². The van der Waals surface area contributed by atoms with E-state index in [1.807, 2.05) is 6.92 Å². The molecule has 0 saturated carbocycles. The van der Waals surface area contributed by atoms with Gasteiger partial charge in [0.05, 0.1) is 0 Å². The Labute approximate surface area is 61.1 Å². The zero-order valence-electron chi connectivity index (χ0n) is 6.09. The van der Waals surface area contributed by atoms with Crippen LogP contribution in [-0.4, -0.2) is 0 Å². The van der Waals surface area contributed by atoms with E-state index in [0.29, 0.717) is 5.70 Å². The van der Waals surface area contributed by atoms with E-state index in [1.54, 1.807) is 18.2 Å². The summed E-state index contributed by atoms with van der Waals surface area (Å²) in [5.41, 5.74) is 9.35. The van der Waals surface area contributed by atoms with Gasteiger partial charge >= 0.3 is 0 Å². The minimum absolute atomic E-state index is 0.620. The topological polar surface area (TPSA) is 64.1 Å². The molecule has 0 aromatic heterocycles. The van der Waals surface area contributed by atoms with Gasteiger partial charge in [-0.3, -0.25) is 5.84 Å². The fourth-order valence-corrected chi connectivity index (χ4v) is 0.337. The maximum atomic E-state index is 5.41. The number of hydrogen-bond donors (Lipinski definition) is 3. The molecule has 0 aliphatic rings. The fourth-order valence-electron chi connectivity index (χ4n) is 0.337. The molecule has 0 amide bonds. The molecule has 5 N–H and O–H groups in total. The Bertz CT molecular complexity index is 168. The molecule has 0 spiro atoms. The maximum absolute atomic E-state index is 5.41. The van der Waals surface area contributed by atoms with Crippen molar-refractivity contribution in [1.82, 2.24) is 5.43 Å². The second-order valence-electron chi connectivity index (χ2n) is 1.86. The molecule has 3 heteroatoms. The molecule has 3 nitrogen and oxygen atoms in total. The molecule has 0 aliphatic carbocycles. The van der Waals surface area contributed by atoms with Crippen LogP contribution in [0.25, 0.3) is 0 Å². The van der Waals surface area contributed by atoms with Crippen LogP contribution in [-0.2, 0) is 0 Å². The van der Waals surface area contributed by atoms with Crippen molar-refractivity contribution in [3.8, 4) is 0 Å². The molecule has 0 atom stereocenters. The maximum Gasteiger partial charge on any atom is 0.0308 e. The van der Waals surface area contributed by atoms with Crippen molar-refractivity contribution < 1.29 is 0 Å². The van der Waals surface area contributed by atoms with Gasteiger partial charge in [-0.1, -0.05) is 6.58 Å². The monoisotopic (exact) mass is 139 g/mol. The van der Waals surface area contributed by atoms with Gasteiger partial charge in [-0.2, -0.15) is 0 Å². The molecule has 10 heavy (non-hydrogen) atoms. The van der Waals surface area contributed by atoms with Crippen LogP contribution in [0.15, 0.2) is 36.2 Å². The first-order chi connectivity index (χ1) is 4.70. The van der Waals surface area contributed by atoms with Crippen molar-refractivity contribution >= 4 is 0 Å². The predicted octanol–water partition coefficient (Wildman–Crippen LogP) is 0.382. The Morgan fingerprint density at radius 2 is 2.10 bits per heavy atom. The van der Waals surface area contributed by atoms with Crippen LogP contribution in [0.3, 0.4) is 0 Å². The van der Waals surface area contributed by atoms with Crippen molar-refractivity contribution in [2.24, 2.45) is 11.6 Å². The molecular formula is C7H13N3. The lowest BCUT2D eigenvalue weighted by molar-refractivity contribution is 0.886. The summed E-state index contributed by atoms with van der Waals surface area (Å²) in [6.07, 6.45) is 5.07. The van der Waals surface area contributed by atoms with Gasteiger partial charge in [0.25, 0.3) is 0 Å². The summed E-state index contributed by atoms with van der Waals surface area (Å²) in [6, 6.07) is 0. The van der Waals surface area contributed by atoms with Crippen LogP contribution < -0.4 is 17.0 Å². The molecular weight excluding hydrogens is 126 g/mol. The Morgan fingerprint density at radius 1 is 1.50 bits per heavy atom. The number of nitrogens with one attached hydrogen (secondary N) is 1. The molecule has 0 aliphatic heterocycles. The lowest BCUT2D eigenvalue weighted by atomic mass is 10.3. The second kappa shape index (κ2) is 4.64. The van der Waals surface area contributed by atoms with Crippen LogP contribution in [0.4, 0.5) is 0 Å². The summed E-state index contributed by atoms with van der Waals surface area (Å²) in [7, 11) is 0. The minimum Gasteiger partial charge on any atom is -0.399 e. The van der Waals surface area contributed by atoms with E-state index in [4.69, 9.17) is 11.6 Å². The minimum atomic E-state index is 0.620. The standard InChI is InChI=1S/C7H13N3/c1-3-7(8)5-4-6(2)10-9/h3-5,10H,1,8-9H2,2H3/b6-4+,7-5+. The summed E-state index contributed by atoms with van der Waals surface area (Å²) in [5, 5.41) is 0. The highest BCUT2D eigenvalue weighted by atomic mass is 15.2. The summed E-state index contributed by atoms with van der Waals surface area (Å²) >= 11 is 0.